The quantitative estimate of drug-likeness (QED) is 0.882. The maximum absolute atomic E-state index is 5.20. The van der Waals surface area contributed by atoms with Gasteiger partial charge in [-0.15, -0.1) is 0 Å². The first-order chi connectivity index (χ1) is 11.8. The van der Waals surface area contributed by atoms with Gasteiger partial charge in [0.25, 0.3) is 0 Å². The lowest BCUT2D eigenvalue weighted by Gasteiger charge is -2.22. The summed E-state index contributed by atoms with van der Waals surface area (Å²) in [5, 5.41) is 2.35. The average molecular weight is 325 g/mol. The summed E-state index contributed by atoms with van der Waals surface area (Å²) in [6.07, 6.45) is 5.43. The van der Waals surface area contributed by atoms with E-state index in [1.54, 1.807) is 7.11 Å². The van der Waals surface area contributed by atoms with E-state index in [1.165, 1.54) is 55.6 Å². The standard InChI is InChI=1S/C21H28N2O/c1-24-21-12-8-19(9-13-21)17-22-16-18-6-10-20(11-7-18)23-14-4-2-3-5-15-23/h6-13,22H,2-5,14-17H2,1H3/p+1. The molecule has 1 aliphatic rings. The van der Waals surface area contributed by atoms with E-state index in [9.17, 15) is 0 Å². The SMILES string of the molecule is COc1ccc(C[NH2+]Cc2ccc(N3CCCCCC3)cc2)cc1. The van der Waals surface area contributed by atoms with Crippen molar-refractivity contribution >= 4 is 5.69 Å². The molecule has 0 unspecified atom stereocenters. The van der Waals surface area contributed by atoms with Gasteiger partial charge in [-0.05, 0) is 49.2 Å². The van der Waals surface area contributed by atoms with Crippen molar-refractivity contribution in [3.05, 3.63) is 59.7 Å². The number of methoxy groups -OCH3 is 1. The van der Waals surface area contributed by atoms with Gasteiger partial charge in [-0.25, -0.2) is 0 Å². The number of benzene rings is 2. The van der Waals surface area contributed by atoms with Crippen molar-refractivity contribution in [1.82, 2.24) is 0 Å². The molecule has 2 aromatic carbocycles. The fraction of sp³-hybridized carbons (Fsp3) is 0.429. The van der Waals surface area contributed by atoms with Crippen LogP contribution in [0.25, 0.3) is 0 Å². The van der Waals surface area contributed by atoms with Gasteiger partial charge < -0.3 is 15.0 Å². The summed E-state index contributed by atoms with van der Waals surface area (Å²) in [5.41, 5.74) is 4.11. The van der Waals surface area contributed by atoms with Gasteiger partial charge in [-0.1, -0.05) is 25.0 Å². The molecular weight excluding hydrogens is 296 g/mol. The van der Waals surface area contributed by atoms with E-state index in [0.29, 0.717) is 0 Å². The molecular formula is C21H29N2O+. The number of hydrogen-bond acceptors (Lipinski definition) is 2. The molecule has 0 bridgehead atoms. The first kappa shape index (κ1) is 16.8. The molecule has 1 fully saturated rings. The Labute approximate surface area is 145 Å². The summed E-state index contributed by atoms with van der Waals surface area (Å²) in [4.78, 5) is 2.54. The van der Waals surface area contributed by atoms with E-state index >= 15 is 0 Å². The highest BCUT2D eigenvalue weighted by Crippen LogP contribution is 2.19. The zero-order valence-electron chi connectivity index (χ0n) is 14.7. The molecule has 0 aromatic heterocycles. The van der Waals surface area contributed by atoms with E-state index in [0.717, 1.165) is 18.8 Å². The number of hydrogen-bond donors (Lipinski definition) is 1. The summed E-state index contributed by atoms with van der Waals surface area (Å²) in [5.74, 6) is 0.919. The van der Waals surface area contributed by atoms with E-state index < -0.39 is 0 Å². The number of quaternary nitrogens is 1. The fourth-order valence-corrected chi connectivity index (χ4v) is 3.34. The molecule has 0 atom stereocenters. The molecule has 0 aliphatic carbocycles. The minimum Gasteiger partial charge on any atom is -0.497 e. The molecule has 0 spiro atoms. The Morgan fingerprint density at radius 1 is 0.792 bits per heavy atom. The molecule has 3 heteroatoms. The highest BCUT2D eigenvalue weighted by Gasteiger charge is 2.09. The van der Waals surface area contributed by atoms with Crippen molar-refractivity contribution in [2.75, 3.05) is 25.1 Å². The van der Waals surface area contributed by atoms with Crippen molar-refractivity contribution in [2.24, 2.45) is 0 Å². The Hall–Kier alpha value is -2.00. The van der Waals surface area contributed by atoms with Crippen molar-refractivity contribution < 1.29 is 10.1 Å². The molecule has 1 saturated heterocycles. The molecule has 2 N–H and O–H groups in total. The van der Waals surface area contributed by atoms with E-state index in [1.807, 2.05) is 12.1 Å². The zero-order valence-corrected chi connectivity index (χ0v) is 14.7. The number of nitrogens with zero attached hydrogens (tertiary/aromatic N) is 1. The molecule has 3 rings (SSSR count). The number of nitrogens with two attached hydrogens (primary N) is 1. The predicted molar refractivity (Wildman–Crippen MR) is 99.5 cm³/mol. The van der Waals surface area contributed by atoms with Crippen LogP contribution >= 0.6 is 0 Å². The molecule has 0 saturated carbocycles. The van der Waals surface area contributed by atoms with Crippen LogP contribution in [0.4, 0.5) is 5.69 Å². The molecule has 1 aliphatic heterocycles. The van der Waals surface area contributed by atoms with Gasteiger partial charge in [0, 0.05) is 29.9 Å². The molecule has 0 radical (unpaired) electrons. The van der Waals surface area contributed by atoms with Crippen LogP contribution in [0.1, 0.15) is 36.8 Å². The maximum Gasteiger partial charge on any atom is 0.118 e. The molecule has 3 nitrogen and oxygen atoms in total. The topological polar surface area (TPSA) is 29.1 Å². The van der Waals surface area contributed by atoms with Crippen LogP contribution in [-0.4, -0.2) is 20.2 Å². The lowest BCUT2D eigenvalue weighted by atomic mass is 10.1. The second kappa shape index (κ2) is 8.74. The van der Waals surface area contributed by atoms with Crippen LogP contribution in [0, 0.1) is 0 Å². The highest BCUT2D eigenvalue weighted by molar-refractivity contribution is 5.47. The molecule has 128 valence electrons. The molecule has 2 aromatic rings. The molecule has 0 amide bonds. The number of ether oxygens (including phenoxy) is 1. The third kappa shape index (κ3) is 4.75. The summed E-state index contributed by atoms with van der Waals surface area (Å²) in [7, 11) is 1.70. The van der Waals surface area contributed by atoms with Crippen molar-refractivity contribution in [1.29, 1.82) is 0 Å². The monoisotopic (exact) mass is 325 g/mol. The smallest absolute Gasteiger partial charge is 0.118 e. The third-order valence-electron chi connectivity index (χ3n) is 4.83. The summed E-state index contributed by atoms with van der Waals surface area (Å²) >= 11 is 0. The number of rotatable bonds is 6. The Morgan fingerprint density at radius 2 is 1.33 bits per heavy atom. The summed E-state index contributed by atoms with van der Waals surface area (Å²) in [6, 6.07) is 17.5. The summed E-state index contributed by atoms with van der Waals surface area (Å²) < 4.78 is 5.20. The first-order valence-electron chi connectivity index (χ1n) is 9.13. The van der Waals surface area contributed by atoms with Crippen LogP contribution in [0.15, 0.2) is 48.5 Å². The van der Waals surface area contributed by atoms with Gasteiger partial charge in [0.2, 0.25) is 0 Å². The predicted octanol–water partition coefficient (Wildman–Crippen LogP) is 3.34. The molecule has 1 heterocycles. The highest BCUT2D eigenvalue weighted by atomic mass is 16.5. The van der Waals surface area contributed by atoms with Gasteiger partial charge in [-0.3, -0.25) is 0 Å². The Kier molecular flexibility index (Phi) is 6.13. The minimum atomic E-state index is 0.919. The van der Waals surface area contributed by atoms with Crippen molar-refractivity contribution in [3.8, 4) is 5.75 Å². The van der Waals surface area contributed by atoms with Crippen molar-refractivity contribution in [3.63, 3.8) is 0 Å². The maximum atomic E-state index is 5.20. The van der Waals surface area contributed by atoms with Crippen LogP contribution < -0.4 is 15.0 Å². The van der Waals surface area contributed by atoms with Gasteiger partial charge in [0.05, 0.1) is 7.11 Å². The normalized spacial score (nSPS) is 15.1. The Balaban J connectivity index is 1.48. The van der Waals surface area contributed by atoms with Crippen LogP contribution in [-0.2, 0) is 13.1 Å². The minimum absolute atomic E-state index is 0.919. The van der Waals surface area contributed by atoms with Crippen LogP contribution in [0.3, 0.4) is 0 Å². The molecule has 24 heavy (non-hydrogen) atoms. The lowest BCUT2D eigenvalue weighted by molar-refractivity contribution is -0.686. The van der Waals surface area contributed by atoms with Gasteiger partial charge in [0.15, 0.2) is 0 Å². The number of anilines is 1. The van der Waals surface area contributed by atoms with Crippen LogP contribution in [0.5, 0.6) is 5.75 Å². The fourth-order valence-electron chi connectivity index (χ4n) is 3.34. The lowest BCUT2D eigenvalue weighted by Crippen LogP contribution is -2.80. The van der Waals surface area contributed by atoms with E-state index in [4.69, 9.17) is 4.74 Å². The second-order valence-corrected chi connectivity index (χ2v) is 6.61. The zero-order chi connectivity index (χ0) is 16.6. The summed E-state index contributed by atoms with van der Waals surface area (Å²) in [6.45, 7) is 4.44. The first-order valence-corrected chi connectivity index (χ1v) is 9.13. The van der Waals surface area contributed by atoms with Crippen LogP contribution in [0.2, 0.25) is 0 Å². The van der Waals surface area contributed by atoms with E-state index in [2.05, 4.69) is 46.6 Å². The Morgan fingerprint density at radius 3 is 1.88 bits per heavy atom. The second-order valence-electron chi connectivity index (χ2n) is 6.61. The third-order valence-corrected chi connectivity index (χ3v) is 4.83. The van der Waals surface area contributed by atoms with Gasteiger partial charge in [-0.2, -0.15) is 0 Å². The van der Waals surface area contributed by atoms with Gasteiger partial charge in [0.1, 0.15) is 18.8 Å². The van der Waals surface area contributed by atoms with Gasteiger partial charge >= 0.3 is 0 Å². The largest absolute Gasteiger partial charge is 0.497 e. The average Bonchev–Trinajstić information content (AvgIpc) is 2.92. The Bertz CT molecular complexity index is 599. The van der Waals surface area contributed by atoms with Crippen molar-refractivity contribution in [2.45, 2.75) is 38.8 Å². The van der Waals surface area contributed by atoms with E-state index in [-0.39, 0.29) is 0 Å².